The van der Waals surface area contributed by atoms with E-state index in [0.29, 0.717) is 28.2 Å². The molecule has 0 atom stereocenters. The number of methoxy groups -OCH3 is 3. The summed E-state index contributed by atoms with van der Waals surface area (Å²) in [7, 11) is 4.69. The lowest BCUT2D eigenvalue weighted by Gasteiger charge is -2.13. The Labute approximate surface area is 168 Å². The van der Waals surface area contributed by atoms with E-state index in [-0.39, 0.29) is 0 Å². The number of hydrogen-bond acceptors (Lipinski definition) is 7. The Hall–Kier alpha value is -3.13. The van der Waals surface area contributed by atoms with E-state index in [1.807, 2.05) is 18.2 Å². The summed E-state index contributed by atoms with van der Waals surface area (Å²) >= 11 is 1.50. The molecule has 7 nitrogen and oxygen atoms in total. The highest BCUT2D eigenvalue weighted by Crippen LogP contribution is 2.40. The Bertz CT molecular complexity index is 932. The van der Waals surface area contributed by atoms with Gasteiger partial charge in [-0.1, -0.05) is 54.2 Å². The van der Waals surface area contributed by atoms with E-state index >= 15 is 0 Å². The van der Waals surface area contributed by atoms with Crippen LogP contribution in [0.15, 0.2) is 53.7 Å². The van der Waals surface area contributed by atoms with E-state index in [0.717, 1.165) is 16.9 Å². The lowest BCUT2D eigenvalue weighted by Crippen LogP contribution is -2.11. The van der Waals surface area contributed by atoms with Crippen molar-refractivity contribution in [3.05, 3.63) is 54.1 Å². The average molecular weight is 398 g/mol. The number of aromatic nitrogens is 3. The molecule has 0 aliphatic rings. The van der Waals surface area contributed by atoms with Crippen molar-refractivity contribution in [3.8, 4) is 28.6 Å². The molecule has 8 heteroatoms. The number of thioether (sulfide) groups is 1. The van der Waals surface area contributed by atoms with Gasteiger partial charge < -0.3 is 20.1 Å². The van der Waals surface area contributed by atoms with Gasteiger partial charge in [0.1, 0.15) is 0 Å². The Morgan fingerprint density at radius 2 is 1.68 bits per heavy atom. The summed E-state index contributed by atoms with van der Waals surface area (Å²) in [5, 5.41) is 9.03. The van der Waals surface area contributed by atoms with Crippen molar-refractivity contribution in [1.82, 2.24) is 14.9 Å². The second-order valence-corrected chi connectivity index (χ2v) is 6.70. The zero-order valence-corrected chi connectivity index (χ0v) is 16.8. The second-order valence-electron chi connectivity index (χ2n) is 5.71. The summed E-state index contributed by atoms with van der Waals surface area (Å²) in [6, 6.07) is 13.7. The molecule has 0 saturated carbocycles. The highest BCUT2D eigenvalue weighted by atomic mass is 32.2. The number of nitrogens with zero attached hydrogens (tertiary/aromatic N) is 3. The van der Waals surface area contributed by atoms with Gasteiger partial charge in [0.25, 0.3) is 0 Å². The zero-order valence-electron chi connectivity index (χ0n) is 16.0. The van der Waals surface area contributed by atoms with Gasteiger partial charge in [-0.2, -0.15) is 0 Å². The van der Waals surface area contributed by atoms with Gasteiger partial charge in [-0.15, -0.1) is 10.2 Å². The van der Waals surface area contributed by atoms with Gasteiger partial charge in [-0.25, -0.2) is 4.68 Å². The topological polar surface area (TPSA) is 84.4 Å². The van der Waals surface area contributed by atoms with E-state index in [9.17, 15) is 0 Å². The van der Waals surface area contributed by atoms with Crippen molar-refractivity contribution in [2.24, 2.45) is 0 Å². The van der Waals surface area contributed by atoms with Crippen molar-refractivity contribution >= 4 is 17.8 Å². The van der Waals surface area contributed by atoms with Crippen LogP contribution < -0.4 is 20.1 Å². The third kappa shape index (κ3) is 4.23. The molecule has 0 aliphatic carbocycles. The molecule has 2 aromatic carbocycles. The summed E-state index contributed by atoms with van der Waals surface area (Å²) in [5.41, 5.74) is 1.87. The molecule has 1 aromatic heterocycles. The van der Waals surface area contributed by atoms with Gasteiger partial charge in [0.2, 0.25) is 10.9 Å². The minimum absolute atomic E-state index is 0.508. The fraction of sp³-hybridized carbons (Fsp3) is 0.200. The van der Waals surface area contributed by atoms with Crippen LogP contribution in [0.2, 0.25) is 0 Å². The fourth-order valence-electron chi connectivity index (χ4n) is 2.65. The molecular formula is C20H22N4O3S. The summed E-state index contributed by atoms with van der Waals surface area (Å²) in [4.78, 5) is 0. The number of benzene rings is 2. The fourth-order valence-corrected chi connectivity index (χ4v) is 3.32. The van der Waals surface area contributed by atoms with Gasteiger partial charge in [-0.05, 0) is 17.7 Å². The summed E-state index contributed by atoms with van der Waals surface area (Å²) in [5.74, 6) is 9.01. The Morgan fingerprint density at radius 3 is 2.29 bits per heavy atom. The predicted octanol–water partition coefficient (Wildman–Crippen LogP) is 3.49. The van der Waals surface area contributed by atoms with Crippen LogP contribution in [0.25, 0.3) is 17.5 Å². The number of rotatable bonds is 8. The molecule has 0 aliphatic heterocycles. The van der Waals surface area contributed by atoms with E-state index in [4.69, 9.17) is 20.1 Å². The Morgan fingerprint density at radius 1 is 1.00 bits per heavy atom. The van der Waals surface area contributed by atoms with Crippen LogP contribution >= 0.6 is 11.8 Å². The van der Waals surface area contributed by atoms with Gasteiger partial charge in [0.05, 0.1) is 21.3 Å². The molecule has 0 unspecified atom stereocenters. The smallest absolute Gasteiger partial charge is 0.210 e. The van der Waals surface area contributed by atoms with Crippen LogP contribution in [0, 0.1) is 0 Å². The molecule has 28 heavy (non-hydrogen) atoms. The van der Waals surface area contributed by atoms with E-state index in [1.54, 1.807) is 33.5 Å². The number of nitrogens with two attached hydrogens (primary N) is 1. The van der Waals surface area contributed by atoms with Crippen molar-refractivity contribution < 1.29 is 14.2 Å². The molecule has 0 spiro atoms. The molecule has 3 rings (SSSR count). The van der Waals surface area contributed by atoms with Crippen LogP contribution in [0.5, 0.6) is 17.2 Å². The molecule has 0 bridgehead atoms. The third-order valence-electron chi connectivity index (χ3n) is 4.01. The predicted molar refractivity (Wildman–Crippen MR) is 111 cm³/mol. The van der Waals surface area contributed by atoms with Crippen LogP contribution in [-0.2, 0) is 0 Å². The SMILES string of the molecule is COc1cc(-c2nnc(SCC=Cc3ccccc3)n2N)cc(OC)c1OC. The maximum Gasteiger partial charge on any atom is 0.210 e. The van der Waals surface area contributed by atoms with E-state index < -0.39 is 0 Å². The number of ether oxygens (including phenoxy) is 3. The van der Waals surface area contributed by atoms with Crippen molar-refractivity contribution in [3.63, 3.8) is 0 Å². The minimum atomic E-state index is 0.508. The molecule has 2 N–H and O–H groups in total. The second kappa shape index (κ2) is 9.18. The molecular weight excluding hydrogens is 376 g/mol. The lowest BCUT2D eigenvalue weighted by molar-refractivity contribution is 0.324. The molecule has 0 saturated heterocycles. The minimum Gasteiger partial charge on any atom is -0.493 e. The number of hydrogen-bond donors (Lipinski definition) is 1. The first-order valence-electron chi connectivity index (χ1n) is 8.53. The molecule has 0 radical (unpaired) electrons. The Kier molecular flexibility index (Phi) is 6.44. The van der Waals surface area contributed by atoms with Crippen LogP contribution in [-0.4, -0.2) is 42.0 Å². The van der Waals surface area contributed by atoms with Crippen molar-refractivity contribution in [2.75, 3.05) is 32.9 Å². The third-order valence-corrected chi connectivity index (χ3v) is 4.90. The zero-order chi connectivity index (χ0) is 19.9. The van der Waals surface area contributed by atoms with Gasteiger partial charge in [0, 0.05) is 11.3 Å². The summed E-state index contributed by atoms with van der Waals surface area (Å²) < 4.78 is 17.6. The van der Waals surface area contributed by atoms with Crippen molar-refractivity contribution in [2.45, 2.75) is 5.16 Å². The normalized spacial score (nSPS) is 11.0. The first-order chi connectivity index (χ1) is 13.7. The van der Waals surface area contributed by atoms with Crippen molar-refractivity contribution in [1.29, 1.82) is 0 Å². The largest absolute Gasteiger partial charge is 0.493 e. The van der Waals surface area contributed by atoms with Crippen LogP contribution in [0.4, 0.5) is 0 Å². The van der Waals surface area contributed by atoms with Gasteiger partial charge in [-0.3, -0.25) is 0 Å². The van der Waals surface area contributed by atoms with Crippen LogP contribution in [0.3, 0.4) is 0 Å². The van der Waals surface area contributed by atoms with E-state index in [1.165, 1.54) is 16.4 Å². The standard InChI is InChI=1S/C20H22N4O3S/c1-25-16-12-15(13-17(26-2)18(16)27-3)19-22-23-20(24(19)21)28-11-7-10-14-8-5-4-6-9-14/h4-10,12-13H,11,21H2,1-3H3. The first-order valence-corrected chi connectivity index (χ1v) is 9.51. The molecule has 1 heterocycles. The first kappa shape index (κ1) is 19.6. The quantitative estimate of drug-likeness (QED) is 0.459. The monoisotopic (exact) mass is 398 g/mol. The lowest BCUT2D eigenvalue weighted by atomic mass is 10.1. The molecule has 146 valence electrons. The summed E-state index contributed by atoms with van der Waals surface area (Å²) in [6.45, 7) is 0. The highest BCUT2D eigenvalue weighted by molar-refractivity contribution is 7.99. The van der Waals surface area contributed by atoms with Gasteiger partial charge in [0.15, 0.2) is 17.3 Å². The molecule has 0 amide bonds. The highest BCUT2D eigenvalue weighted by Gasteiger charge is 2.18. The summed E-state index contributed by atoms with van der Waals surface area (Å²) in [6.07, 6.45) is 4.12. The van der Waals surface area contributed by atoms with Gasteiger partial charge >= 0.3 is 0 Å². The van der Waals surface area contributed by atoms with Crippen LogP contribution in [0.1, 0.15) is 5.56 Å². The maximum atomic E-state index is 6.22. The average Bonchev–Trinajstić information content (AvgIpc) is 3.11. The van der Waals surface area contributed by atoms with E-state index in [2.05, 4.69) is 34.5 Å². The maximum absolute atomic E-state index is 6.22. The molecule has 0 fully saturated rings. The Balaban J connectivity index is 1.78. The number of nitrogen functional groups attached to an aromatic ring is 1. The molecule has 3 aromatic rings.